The smallest absolute Gasteiger partial charge is 0.162 e. The second-order valence-corrected chi connectivity index (χ2v) is 7.89. The van der Waals surface area contributed by atoms with Gasteiger partial charge in [0.05, 0.1) is 6.61 Å². The third kappa shape index (κ3) is 5.38. The van der Waals surface area contributed by atoms with Crippen LogP contribution in [-0.4, -0.2) is 12.6 Å². The van der Waals surface area contributed by atoms with Crippen molar-refractivity contribution in [3.63, 3.8) is 0 Å². The molecule has 1 fully saturated rings. The first-order valence-electron chi connectivity index (χ1n) is 9.21. The Balaban J connectivity index is 1.69. The quantitative estimate of drug-likeness (QED) is 0.539. The molecule has 0 radical (unpaired) electrons. The Morgan fingerprint density at radius 1 is 1.08 bits per heavy atom. The van der Waals surface area contributed by atoms with Crippen molar-refractivity contribution >= 4 is 27.5 Å². The zero-order chi connectivity index (χ0) is 18.4. The van der Waals surface area contributed by atoms with E-state index in [9.17, 15) is 0 Å². The number of hydrogen-bond donors (Lipinski definition) is 1. The molecule has 1 aliphatic rings. The van der Waals surface area contributed by atoms with Crippen molar-refractivity contribution in [3.05, 3.63) is 57.0 Å². The number of ether oxygens (including phenoxy) is 2. The largest absolute Gasteiger partial charge is 0.490 e. The minimum Gasteiger partial charge on any atom is -0.490 e. The number of rotatable bonds is 8. The van der Waals surface area contributed by atoms with Gasteiger partial charge < -0.3 is 14.8 Å². The molecule has 2 aromatic rings. The van der Waals surface area contributed by atoms with Crippen molar-refractivity contribution in [2.75, 3.05) is 6.61 Å². The van der Waals surface area contributed by atoms with Gasteiger partial charge in [-0.1, -0.05) is 52.5 Å². The van der Waals surface area contributed by atoms with Crippen LogP contribution in [0.3, 0.4) is 0 Å². The second-order valence-electron chi connectivity index (χ2n) is 6.60. The summed E-state index contributed by atoms with van der Waals surface area (Å²) < 4.78 is 12.9. The highest BCUT2D eigenvalue weighted by atomic mass is 79.9. The number of hydrogen-bond acceptors (Lipinski definition) is 3. The fourth-order valence-corrected chi connectivity index (χ4v) is 3.81. The van der Waals surface area contributed by atoms with Crippen LogP contribution in [0.1, 0.15) is 43.7 Å². The molecule has 1 aliphatic carbocycles. The summed E-state index contributed by atoms with van der Waals surface area (Å²) in [5, 5.41) is 4.38. The Morgan fingerprint density at radius 3 is 2.46 bits per heavy atom. The van der Waals surface area contributed by atoms with E-state index in [1.54, 1.807) is 0 Å². The van der Waals surface area contributed by atoms with Crippen molar-refractivity contribution in [1.29, 1.82) is 0 Å². The van der Waals surface area contributed by atoms with Crippen LogP contribution in [0.25, 0.3) is 0 Å². The van der Waals surface area contributed by atoms with Crippen LogP contribution in [0.2, 0.25) is 5.02 Å². The maximum absolute atomic E-state index is 6.01. The highest BCUT2D eigenvalue weighted by molar-refractivity contribution is 9.10. The fraction of sp³-hybridized carbons (Fsp3) is 0.429. The van der Waals surface area contributed by atoms with Crippen molar-refractivity contribution in [2.24, 2.45) is 0 Å². The SMILES string of the molecule is CCOc1cc(CNC2CCCC2)c(Br)cc1OCc1ccc(Cl)cc1. The Kier molecular flexibility index (Phi) is 7.23. The minimum atomic E-state index is 0.476. The van der Waals surface area contributed by atoms with E-state index >= 15 is 0 Å². The Labute approximate surface area is 169 Å². The molecule has 1 saturated carbocycles. The van der Waals surface area contributed by atoms with Crippen LogP contribution in [0.5, 0.6) is 11.5 Å². The van der Waals surface area contributed by atoms with E-state index in [1.165, 1.54) is 31.2 Å². The molecule has 0 atom stereocenters. The molecule has 3 rings (SSSR count). The van der Waals surface area contributed by atoms with E-state index in [-0.39, 0.29) is 0 Å². The molecular formula is C21H25BrClNO2. The third-order valence-corrected chi connectivity index (χ3v) is 5.65. The van der Waals surface area contributed by atoms with Crippen LogP contribution < -0.4 is 14.8 Å². The lowest BCUT2D eigenvalue weighted by Crippen LogP contribution is -2.25. The lowest BCUT2D eigenvalue weighted by Gasteiger charge is -2.17. The minimum absolute atomic E-state index is 0.476. The highest BCUT2D eigenvalue weighted by Gasteiger charge is 2.16. The van der Waals surface area contributed by atoms with Gasteiger partial charge >= 0.3 is 0 Å². The Morgan fingerprint density at radius 2 is 1.77 bits per heavy atom. The van der Waals surface area contributed by atoms with Gasteiger partial charge in [-0.05, 0) is 55.2 Å². The summed E-state index contributed by atoms with van der Waals surface area (Å²) in [7, 11) is 0. The van der Waals surface area contributed by atoms with E-state index in [1.807, 2.05) is 37.3 Å². The van der Waals surface area contributed by atoms with Crippen LogP contribution in [-0.2, 0) is 13.2 Å². The van der Waals surface area contributed by atoms with E-state index in [0.29, 0.717) is 19.3 Å². The Bertz CT molecular complexity index is 715. The molecule has 5 heteroatoms. The van der Waals surface area contributed by atoms with E-state index in [4.69, 9.17) is 21.1 Å². The molecule has 0 saturated heterocycles. The first-order valence-corrected chi connectivity index (χ1v) is 10.4. The third-order valence-electron chi connectivity index (χ3n) is 4.66. The van der Waals surface area contributed by atoms with E-state index in [2.05, 4.69) is 27.3 Å². The topological polar surface area (TPSA) is 30.5 Å². The summed E-state index contributed by atoms with van der Waals surface area (Å²) in [6.07, 6.45) is 5.22. The molecule has 1 N–H and O–H groups in total. The van der Waals surface area contributed by atoms with Crippen LogP contribution in [0.4, 0.5) is 0 Å². The average molecular weight is 439 g/mol. The predicted octanol–water partition coefficient (Wildman–Crippen LogP) is 6.11. The van der Waals surface area contributed by atoms with Gasteiger partial charge in [0.25, 0.3) is 0 Å². The van der Waals surface area contributed by atoms with Crippen LogP contribution in [0, 0.1) is 0 Å². The Hall–Kier alpha value is -1.23. The maximum Gasteiger partial charge on any atom is 0.162 e. The van der Waals surface area contributed by atoms with Gasteiger partial charge in [0.1, 0.15) is 6.61 Å². The van der Waals surface area contributed by atoms with Crippen molar-refractivity contribution < 1.29 is 9.47 Å². The summed E-state index contributed by atoms with van der Waals surface area (Å²) in [6.45, 7) is 3.90. The summed E-state index contributed by atoms with van der Waals surface area (Å²) in [6, 6.07) is 12.4. The van der Waals surface area contributed by atoms with Gasteiger partial charge in [-0.25, -0.2) is 0 Å². The van der Waals surface area contributed by atoms with Gasteiger partial charge in [-0.2, -0.15) is 0 Å². The normalized spacial score (nSPS) is 14.6. The first-order chi connectivity index (χ1) is 12.7. The molecule has 26 heavy (non-hydrogen) atoms. The standard InChI is InChI=1S/C21H25BrClNO2/c1-2-25-20-11-16(13-24-18-5-3-4-6-18)19(22)12-21(20)26-14-15-7-9-17(23)10-8-15/h7-12,18,24H,2-6,13-14H2,1H3. The molecule has 3 nitrogen and oxygen atoms in total. The molecule has 0 aliphatic heterocycles. The lowest BCUT2D eigenvalue weighted by molar-refractivity contribution is 0.269. The highest BCUT2D eigenvalue weighted by Crippen LogP contribution is 2.34. The van der Waals surface area contributed by atoms with Crippen molar-refractivity contribution in [1.82, 2.24) is 5.32 Å². The van der Waals surface area contributed by atoms with Crippen LogP contribution >= 0.6 is 27.5 Å². The zero-order valence-corrected chi connectivity index (χ0v) is 17.4. The zero-order valence-electron chi connectivity index (χ0n) is 15.1. The molecule has 0 unspecified atom stereocenters. The molecule has 0 aromatic heterocycles. The molecule has 0 spiro atoms. The molecule has 140 valence electrons. The van der Waals surface area contributed by atoms with E-state index in [0.717, 1.165) is 33.1 Å². The monoisotopic (exact) mass is 437 g/mol. The van der Waals surface area contributed by atoms with Gasteiger partial charge in [-0.3, -0.25) is 0 Å². The summed E-state index contributed by atoms with van der Waals surface area (Å²) >= 11 is 9.62. The van der Waals surface area contributed by atoms with E-state index < -0.39 is 0 Å². The van der Waals surface area contributed by atoms with Crippen LogP contribution in [0.15, 0.2) is 40.9 Å². The molecular weight excluding hydrogens is 414 g/mol. The molecule has 2 aromatic carbocycles. The van der Waals surface area contributed by atoms with Crippen molar-refractivity contribution in [2.45, 2.75) is 51.8 Å². The number of benzene rings is 2. The van der Waals surface area contributed by atoms with Crippen molar-refractivity contribution in [3.8, 4) is 11.5 Å². The summed E-state index contributed by atoms with van der Waals surface area (Å²) in [5.74, 6) is 1.53. The van der Waals surface area contributed by atoms with Gasteiger partial charge in [0.2, 0.25) is 0 Å². The molecule has 0 bridgehead atoms. The van der Waals surface area contributed by atoms with Gasteiger partial charge in [-0.15, -0.1) is 0 Å². The first kappa shape index (κ1) is 19.5. The van der Waals surface area contributed by atoms with Gasteiger partial charge in [0, 0.05) is 22.1 Å². The molecule has 0 heterocycles. The lowest BCUT2D eigenvalue weighted by atomic mass is 10.1. The number of halogens is 2. The predicted molar refractivity (Wildman–Crippen MR) is 110 cm³/mol. The van der Waals surface area contributed by atoms with Gasteiger partial charge in [0.15, 0.2) is 11.5 Å². The number of nitrogens with one attached hydrogen (secondary N) is 1. The fourth-order valence-electron chi connectivity index (χ4n) is 3.22. The summed E-state index contributed by atoms with van der Waals surface area (Å²) in [5.41, 5.74) is 2.26. The average Bonchev–Trinajstić information content (AvgIpc) is 3.15. The summed E-state index contributed by atoms with van der Waals surface area (Å²) in [4.78, 5) is 0. The molecule has 0 amide bonds. The second kappa shape index (κ2) is 9.63. The maximum atomic E-state index is 6.01.